The normalized spacial score (nSPS) is 11.4. The minimum Gasteiger partial charge on any atom is -0.282 e. The van der Waals surface area contributed by atoms with Gasteiger partial charge in [-0.05, 0) is 43.0 Å². The highest BCUT2D eigenvalue weighted by Gasteiger charge is 2.16. The molecule has 0 amide bonds. The number of hydrogen-bond donors (Lipinski definition) is 1. The quantitative estimate of drug-likeness (QED) is 0.635. The molecule has 4 heteroatoms. The van der Waals surface area contributed by atoms with E-state index in [4.69, 9.17) is 4.55 Å². The van der Waals surface area contributed by atoms with Gasteiger partial charge in [-0.15, -0.1) is 6.58 Å². The smallest absolute Gasteiger partial charge is 0.282 e. The maximum atomic E-state index is 11.1. The molecule has 0 aliphatic carbocycles. The number of rotatable bonds is 3. The summed E-state index contributed by atoms with van der Waals surface area (Å²) in [6.45, 7) is 7.31. The molecule has 0 saturated carbocycles. The summed E-state index contributed by atoms with van der Waals surface area (Å²) in [6.07, 6.45) is 2.05. The van der Waals surface area contributed by atoms with E-state index in [-0.39, 0.29) is 4.90 Å². The van der Waals surface area contributed by atoms with Gasteiger partial charge in [-0.25, -0.2) is 0 Å². The van der Waals surface area contributed by atoms with Crippen molar-refractivity contribution < 1.29 is 13.0 Å². The zero-order valence-corrected chi connectivity index (χ0v) is 9.63. The highest BCUT2D eigenvalue weighted by Crippen LogP contribution is 2.22. The average Bonchev–Trinajstić information content (AvgIpc) is 2.11. The SMILES string of the molecule is C=CCc1c(S(=O)(=O)O)ccc(C)c1C. The molecule has 0 bridgehead atoms. The van der Waals surface area contributed by atoms with Crippen molar-refractivity contribution in [3.8, 4) is 0 Å². The largest absolute Gasteiger partial charge is 0.294 e. The summed E-state index contributed by atoms with van der Waals surface area (Å²) in [6, 6.07) is 3.11. The highest BCUT2D eigenvalue weighted by molar-refractivity contribution is 7.85. The van der Waals surface area contributed by atoms with Gasteiger partial charge in [0.25, 0.3) is 10.1 Å². The molecule has 0 unspecified atom stereocenters. The summed E-state index contributed by atoms with van der Waals surface area (Å²) < 4.78 is 31.3. The van der Waals surface area contributed by atoms with Crippen LogP contribution in [0.25, 0.3) is 0 Å². The van der Waals surface area contributed by atoms with Crippen LogP contribution in [-0.4, -0.2) is 13.0 Å². The minimum atomic E-state index is -4.14. The van der Waals surface area contributed by atoms with Crippen molar-refractivity contribution >= 4 is 10.1 Å². The Morgan fingerprint density at radius 1 is 1.40 bits per heavy atom. The maximum Gasteiger partial charge on any atom is 0.294 e. The summed E-state index contributed by atoms with van der Waals surface area (Å²) in [7, 11) is -4.14. The van der Waals surface area contributed by atoms with E-state index in [1.54, 1.807) is 12.1 Å². The predicted octanol–water partition coefficient (Wildman–Crippen LogP) is 2.28. The van der Waals surface area contributed by atoms with Gasteiger partial charge in [0.1, 0.15) is 0 Å². The second-order valence-corrected chi connectivity index (χ2v) is 4.84. The lowest BCUT2D eigenvalue weighted by Crippen LogP contribution is -2.05. The lowest BCUT2D eigenvalue weighted by atomic mass is 10.0. The van der Waals surface area contributed by atoms with Gasteiger partial charge in [0.15, 0.2) is 0 Å². The van der Waals surface area contributed by atoms with E-state index in [9.17, 15) is 8.42 Å². The van der Waals surface area contributed by atoms with Crippen molar-refractivity contribution in [1.82, 2.24) is 0 Å². The fourth-order valence-corrected chi connectivity index (χ4v) is 2.28. The van der Waals surface area contributed by atoms with Gasteiger partial charge in [-0.1, -0.05) is 12.1 Å². The molecule has 0 fully saturated rings. The third-order valence-electron chi connectivity index (χ3n) is 2.45. The van der Waals surface area contributed by atoms with E-state index in [0.29, 0.717) is 12.0 Å². The highest BCUT2D eigenvalue weighted by atomic mass is 32.2. The standard InChI is InChI=1S/C11H14O3S/c1-4-5-10-9(3)8(2)6-7-11(10)15(12,13)14/h4,6-7H,1,5H2,2-3H3,(H,12,13,14). The lowest BCUT2D eigenvalue weighted by molar-refractivity contribution is 0.482. The maximum absolute atomic E-state index is 11.1. The van der Waals surface area contributed by atoms with Crippen molar-refractivity contribution in [3.05, 3.63) is 41.5 Å². The molecule has 1 N–H and O–H groups in total. The first-order chi connectivity index (χ1) is 6.88. The third kappa shape index (κ3) is 2.46. The molecular weight excluding hydrogens is 212 g/mol. The van der Waals surface area contributed by atoms with Gasteiger partial charge in [-0.3, -0.25) is 4.55 Å². The molecule has 0 radical (unpaired) electrons. The first kappa shape index (κ1) is 11.9. The van der Waals surface area contributed by atoms with E-state index < -0.39 is 10.1 Å². The van der Waals surface area contributed by atoms with E-state index in [2.05, 4.69) is 6.58 Å². The molecule has 0 spiro atoms. The molecule has 0 aromatic heterocycles. The van der Waals surface area contributed by atoms with Crippen molar-refractivity contribution in [2.45, 2.75) is 25.2 Å². The first-order valence-corrected chi connectivity index (χ1v) is 5.99. The summed E-state index contributed by atoms with van der Waals surface area (Å²) in [5.41, 5.74) is 2.50. The Balaban J connectivity index is 3.53. The molecule has 0 atom stereocenters. The summed E-state index contributed by atoms with van der Waals surface area (Å²) in [5.74, 6) is 0. The molecular formula is C11H14O3S. The van der Waals surface area contributed by atoms with E-state index >= 15 is 0 Å². The second-order valence-electron chi connectivity index (χ2n) is 3.45. The topological polar surface area (TPSA) is 54.4 Å². The predicted molar refractivity (Wildman–Crippen MR) is 59.6 cm³/mol. The summed E-state index contributed by atoms with van der Waals surface area (Å²) >= 11 is 0. The fraction of sp³-hybridized carbons (Fsp3) is 0.273. The van der Waals surface area contributed by atoms with Crippen LogP contribution in [0.5, 0.6) is 0 Å². The summed E-state index contributed by atoms with van der Waals surface area (Å²) in [5, 5.41) is 0. The molecule has 15 heavy (non-hydrogen) atoms. The van der Waals surface area contributed by atoms with E-state index in [1.807, 2.05) is 13.8 Å². The van der Waals surface area contributed by atoms with Crippen molar-refractivity contribution in [2.24, 2.45) is 0 Å². The Morgan fingerprint density at radius 3 is 2.47 bits per heavy atom. The summed E-state index contributed by atoms with van der Waals surface area (Å²) in [4.78, 5) is -0.0227. The molecule has 0 aliphatic rings. The molecule has 0 saturated heterocycles. The zero-order chi connectivity index (χ0) is 11.6. The van der Waals surface area contributed by atoms with Crippen LogP contribution in [0.1, 0.15) is 16.7 Å². The van der Waals surface area contributed by atoms with Crippen LogP contribution in [0, 0.1) is 13.8 Å². The van der Waals surface area contributed by atoms with Gasteiger partial charge in [0.05, 0.1) is 4.90 Å². The van der Waals surface area contributed by atoms with Crippen molar-refractivity contribution in [1.29, 1.82) is 0 Å². The third-order valence-corrected chi connectivity index (χ3v) is 3.39. The number of allylic oxidation sites excluding steroid dienone is 1. The minimum absolute atomic E-state index is 0.0227. The van der Waals surface area contributed by atoms with E-state index in [1.165, 1.54) is 6.07 Å². The van der Waals surface area contributed by atoms with Crippen molar-refractivity contribution in [3.63, 3.8) is 0 Å². The Kier molecular flexibility index (Phi) is 3.31. The van der Waals surface area contributed by atoms with Gasteiger partial charge in [0, 0.05) is 0 Å². The monoisotopic (exact) mass is 226 g/mol. The van der Waals surface area contributed by atoms with Crippen molar-refractivity contribution in [2.75, 3.05) is 0 Å². The Labute approximate surface area is 90.2 Å². The Morgan fingerprint density at radius 2 is 2.00 bits per heavy atom. The van der Waals surface area contributed by atoms with Crippen LogP contribution in [0.4, 0.5) is 0 Å². The van der Waals surface area contributed by atoms with Crippen LogP contribution >= 0.6 is 0 Å². The average molecular weight is 226 g/mol. The van der Waals surface area contributed by atoms with Crippen LogP contribution in [0.2, 0.25) is 0 Å². The molecule has 1 rings (SSSR count). The zero-order valence-electron chi connectivity index (χ0n) is 8.82. The van der Waals surface area contributed by atoms with Crippen LogP contribution in [-0.2, 0) is 16.5 Å². The van der Waals surface area contributed by atoms with Gasteiger partial charge < -0.3 is 0 Å². The van der Waals surface area contributed by atoms with Crippen LogP contribution < -0.4 is 0 Å². The van der Waals surface area contributed by atoms with Gasteiger partial charge in [-0.2, -0.15) is 8.42 Å². The molecule has 3 nitrogen and oxygen atoms in total. The number of aryl methyl sites for hydroxylation is 1. The van der Waals surface area contributed by atoms with E-state index in [0.717, 1.165) is 11.1 Å². The molecule has 1 aromatic carbocycles. The van der Waals surface area contributed by atoms with Gasteiger partial charge in [0.2, 0.25) is 0 Å². The molecule has 82 valence electrons. The molecule has 0 aliphatic heterocycles. The Bertz CT molecular complexity index is 487. The number of benzene rings is 1. The van der Waals surface area contributed by atoms with Crippen LogP contribution in [0.15, 0.2) is 29.7 Å². The Hall–Kier alpha value is -1.13. The fourth-order valence-electron chi connectivity index (χ4n) is 1.49. The lowest BCUT2D eigenvalue weighted by Gasteiger charge is -2.11. The molecule has 1 aromatic rings. The number of hydrogen-bond acceptors (Lipinski definition) is 2. The molecule has 0 heterocycles. The first-order valence-electron chi connectivity index (χ1n) is 4.55. The van der Waals surface area contributed by atoms with Gasteiger partial charge >= 0.3 is 0 Å². The second kappa shape index (κ2) is 4.16. The van der Waals surface area contributed by atoms with Crippen LogP contribution in [0.3, 0.4) is 0 Å².